The molecule has 0 spiro atoms. The summed E-state index contributed by atoms with van der Waals surface area (Å²) in [6, 6.07) is 86.1. The highest BCUT2D eigenvalue weighted by Crippen LogP contribution is 2.57. The molecule has 0 atom stereocenters. The summed E-state index contributed by atoms with van der Waals surface area (Å²) in [6.45, 7) is 0. The fourth-order valence-electron chi connectivity index (χ4n) is 9.98. The summed E-state index contributed by atoms with van der Waals surface area (Å²) in [5.74, 6) is 0. The van der Waals surface area contributed by atoms with Gasteiger partial charge < -0.3 is 9.32 Å². The Morgan fingerprint density at radius 2 is 0.918 bits per heavy atom. The van der Waals surface area contributed by atoms with Crippen LogP contribution in [0.2, 0.25) is 0 Å². The molecule has 2 heteroatoms. The van der Waals surface area contributed by atoms with Gasteiger partial charge in [0.1, 0.15) is 11.2 Å². The fraction of sp³-hybridized carbons (Fsp3) is 0.0169. The number of hydrogen-bond acceptors (Lipinski definition) is 2. The summed E-state index contributed by atoms with van der Waals surface area (Å²) in [5, 5.41) is 4.73. The Hall–Kier alpha value is -7.94. The lowest BCUT2D eigenvalue weighted by atomic mass is 9.67. The van der Waals surface area contributed by atoms with Gasteiger partial charge in [-0.05, 0) is 109 Å². The minimum atomic E-state index is -0.516. The monoisotopic (exact) mass is 777 g/mol. The summed E-state index contributed by atoms with van der Waals surface area (Å²) >= 11 is 0. The third-order valence-corrected chi connectivity index (χ3v) is 12.7. The van der Waals surface area contributed by atoms with Crippen LogP contribution in [0.25, 0.3) is 66.1 Å². The van der Waals surface area contributed by atoms with E-state index in [-0.39, 0.29) is 0 Å². The maximum Gasteiger partial charge on any atom is 0.143 e. The van der Waals surface area contributed by atoms with Gasteiger partial charge in [-0.3, -0.25) is 0 Å². The molecule has 0 aliphatic heterocycles. The highest BCUT2D eigenvalue weighted by molar-refractivity contribution is 6.09. The number of para-hydroxylation sites is 2. The van der Waals surface area contributed by atoms with Gasteiger partial charge in [0.2, 0.25) is 0 Å². The highest BCUT2D eigenvalue weighted by Gasteiger charge is 2.46. The van der Waals surface area contributed by atoms with E-state index in [4.69, 9.17) is 4.42 Å². The molecule has 1 aromatic heterocycles. The van der Waals surface area contributed by atoms with Crippen LogP contribution < -0.4 is 4.90 Å². The van der Waals surface area contributed by atoms with Crippen molar-refractivity contribution in [2.45, 2.75) is 5.41 Å². The van der Waals surface area contributed by atoms with Crippen LogP contribution in [0.4, 0.5) is 17.1 Å². The molecule has 61 heavy (non-hydrogen) atoms. The number of hydrogen-bond donors (Lipinski definition) is 0. The zero-order valence-electron chi connectivity index (χ0n) is 33.4. The number of rotatable bonds is 7. The van der Waals surface area contributed by atoms with Crippen molar-refractivity contribution in [2.75, 3.05) is 4.90 Å². The second-order valence-corrected chi connectivity index (χ2v) is 16.0. The maximum absolute atomic E-state index is 6.49. The molecule has 0 N–H and O–H groups in total. The molecule has 0 saturated carbocycles. The van der Waals surface area contributed by atoms with Gasteiger partial charge in [0, 0.05) is 33.4 Å². The van der Waals surface area contributed by atoms with Crippen molar-refractivity contribution in [3.05, 3.63) is 259 Å². The second-order valence-electron chi connectivity index (χ2n) is 16.0. The molecule has 12 rings (SSSR count). The molecule has 0 bridgehead atoms. The van der Waals surface area contributed by atoms with Crippen molar-refractivity contribution in [1.82, 2.24) is 0 Å². The van der Waals surface area contributed by atoms with Gasteiger partial charge in [0.05, 0.1) is 5.41 Å². The molecule has 0 saturated heterocycles. The van der Waals surface area contributed by atoms with Crippen LogP contribution in [0.1, 0.15) is 22.3 Å². The topological polar surface area (TPSA) is 16.4 Å². The predicted molar refractivity (Wildman–Crippen MR) is 254 cm³/mol. The molecule has 0 amide bonds. The Labute approximate surface area is 355 Å². The van der Waals surface area contributed by atoms with Gasteiger partial charge >= 0.3 is 0 Å². The lowest BCUT2D eigenvalue weighted by Gasteiger charge is -2.35. The van der Waals surface area contributed by atoms with Crippen LogP contribution >= 0.6 is 0 Å². The molecule has 2 nitrogen and oxygen atoms in total. The van der Waals surface area contributed by atoms with E-state index in [1.807, 2.05) is 12.1 Å². The Bertz CT molecular complexity index is 3380. The molecule has 1 heterocycles. The summed E-state index contributed by atoms with van der Waals surface area (Å²) in [4.78, 5) is 2.42. The second kappa shape index (κ2) is 14.1. The fourth-order valence-corrected chi connectivity index (χ4v) is 9.98. The first-order chi connectivity index (χ1) is 30.2. The summed E-state index contributed by atoms with van der Waals surface area (Å²) in [5.41, 5.74) is 16.7. The van der Waals surface area contributed by atoms with Crippen molar-refractivity contribution >= 4 is 49.8 Å². The maximum atomic E-state index is 6.49. The molecular formula is C59H39NO. The SMILES string of the molecule is c1ccc(C2(c3ccccc3)c3ccccc3-c3ccc(N(c4ccc(-c5cccc6c5oc5ccccc56)cc4)c4cccc(-c5ccc6ccccc6c5)c4)cc32)cc1. The molecule has 0 unspecified atom stereocenters. The lowest BCUT2D eigenvalue weighted by Crippen LogP contribution is -2.28. The predicted octanol–water partition coefficient (Wildman–Crippen LogP) is 15.9. The molecular weight excluding hydrogens is 739 g/mol. The van der Waals surface area contributed by atoms with Gasteiger partial charge in [0.25, 0.3) is 0 Å². The van der Waals surface area contributed by atoms with Crippen LogP contribution in [0.3, 0.4) is 0 Å². The molecule has 10 aromatic carbocycles. The van der Waals surface area contributed by atoms with E-state index in [1.165, 1.54) is 49.7 Å². The van der Waals surface area contributed by atoms with Crippen LogP contribution in [0, 0.1) is 0 Å². The minimum absolute atomic E-state index is 0.516. The van der Waals surface area contributed by atoms with Crippen molar-refractivity contribution in [2.24, 2.45) is 0 Å². The largest absolute Gasteiger partial charge is 0.455 e. The van der Waals surface area contributed by atoms with Gasteiger partial charge in [-0.25, -0.2) is 0 Å². The molecule has 1 aliphatic rings. The van der Waals surface area contributed by atoms with Crippen LogP contribution in [-0.2, 0) is 5.41 Å². The van der Waals surface area contributed by atoms with Crippen LogP contribution in [0.5, 0.6) is 0 Å². The summed E-state index contributed by atoms with van der Waals surface area (Å²) in [7, 11) is 0. The average Bonchev–Trinajstić information content (AvgIpc) is 3.86. The van der Waals surface area contributed by atoms with Crippen molar-refractivity contribution in [3.63, 3.8) is 0 Å². The molecule has 0 fully saturated rings. The Morgan fingerprint density at radius 3 is 1.74 bits per heavy atom. The zero-order valence-corrected chi connectivity index (χ0v) is 33.4. The van der Waals surface area contributed by atoms with Gasteiger partial charge in [-0.2, -0.15) is 0 Å². The Morgan fingerprint density at radius 1 is 0.328 bits per heavy atom. The number of fused-ring (bicyclic) bond motifs is 7. The van der Waals surface area contributed by atoms with Gasteiger partial charge in [-0.1, -0.05) is 188 Å². The van der Waals surface area contributed by atoms with Crippen molar-refractivity contribution < 1.29 is 4.42 Å². The smallest absolute Gasteiger partial charge is 0.143 e. The van der Waals surface area contributed by atoms with E-state index in [2.05, 4.69) is 229 Å². The lowest BCUT2D eigenvalue weighted by molar-refractivity contribution is 0.670. The van der Waals surface area contributed by atoms with Crippen LogP contribution in [0.15, 0.2) is 241 Å². The first-order valence-electron chi connectivity index (χ1n) is 21.0. The number of nitrogens with zero attached hydrogens (tertiary/aromatic N) is 1. The van der Waals surface area contributed by atoms with Crippen molar-refractivity contribution in [3.8, 4) is 33.4 Å². The normalized spacial score (nSPS) is 12.7. The quantitative estimate of drug-likeness (QED) is 0.160. The number of furan rings is 1. The summed E-state index contributed by atoms with van der Waals surface area (Å²) in [6.07, 6.45) is 0. The van der Waals surface area contributed by atoms with Gasteiger partial charge in [0.15, 0.2) is 0 Å². The van der Waals surface area contributed by atoms with E-state index in [9.17, 15) is 0 Å². The van der Waals surface area contributed by atoms with E-state index in [1.54, 1.807) is 0 Å². The van der Waals surface area contributed by atoms with Gasteiger partial charge in [-0.15, -0.1) is 0 Å². The van der Waals surface area contributed by atoms with Crippen LogP contribution in [-0.4, -0.2) is 0 Å². The molecule has 11 aromatic rings. The first kappa shape index (κ1) is 35.0. The van der Waals surface area contributed by atoms with E-state index >= 15 is 0 Å². The first-order valence-corrected chi connectivity index (χ1v) is 21.0. The summed E-state index contributed by atoms with van der Waals surface area (Å²) < 4.78 is 6.49. The standard InChI is InChI=1S/C59H39NO/c1-3-18-45(19-4-1)59(46-20-5-2-6-21-46)55-27-11-9-23-51(55)52-36-35-49(39-56(52)59)60(48-22-13-17-43(38-48)44-30-29-40-15-7-8-16-42(40)37-44)47-33-31-41(32-34-47)50-25-14-26-54-53-24-10-12-28-57(53)61-58(50)54/h1-39H. The third-order valence-electron chi connectivity index (χ3n) is 12.7. The van der Waals surface area contributed by atoms with E-state index < -0.39 is 5.41 Å². The third kappa shape index (κ3) is 5.57. The van der Waals surface area contributed by atoms with E-state index in [0.29, 0.717) is 0 Å². The average molecular weight is 778 g/mol. The molecule has 286 valence electrons. The molecule has 1 aliphatic carbocycles. The van der Waals surface area contributed by atoms with E-state index in [0.717, 1.165) is 55.7 Å². The highest BCUT2D eigenvalue weighted by atomic mass is 16.3. The Kier molecular flexibility index (Phi) is 8.11. The Balaban J connectivity index is 1.06. The number of benzene rings is 10. The minimum Gasteiger partial charge on any atom is -0.455 e. The molecule has 0 radical (unpaired) electrons. The number of anilines is 3. The zero-order chi connectivity index (χ0) is 40.3. The van der Waals surface area contributed by atoms with Crippen molar-refractivity contribution in [1.29, 1.82) is 0 Å².